The Labute approximate surface area is 105 Å². The van der Waals surface area contributed by atoms with E-state index in [2.05, 4.69) is 0 Å². The van der Waals surface area contributed by atoms with Crippen molar-refractivity contribution >= 4 is 17.6 Å². The van der Waals surface area contributed by atoms with E-state index in [1.165, 1.54) is 7.11 Å². The van der Waals surface area contributed by atoms with E-state index in [1.54, 1.807) is 25.1 Å². The molecule has 5 heteroatoms. The molecule has 0 spiro atoms. The van der Waals surface area contributed by atoms with Gasteiger partial charge in [0.2, 0.25) is 0 Å². The van der Waals surface area contributed by atoms with Crippen LogP contribution in [0.5, 0.6) is 5.75 Å². The number of benzene rings is 1. The van der Waals surface area contributed by atoms with E-state index >= 15 is 0 Å². The first kappa shape index (κ1) is 13.8. The zero-order valence-corrected chi connectivity index (χ0v) is 10.5. The molecule has 2 N–H and O–H groups in total. The van der Waals surface area contributed by atoms with E-state index in [9.17, 15) is 9.90 Å². The van der Waals surface area contributed by atoms with E-state index in [0.717, 1.165) is 0 Å². The Kier molecular flexibility index (Phi) is 4.37. The standard InChI is InChI=1S/C12H15ClO4/c1-12(5-6-14,11(15)16)9-4-3-8(17-2)7-10(9)13/h3-4,7,14H,5-6H2,1-2H3,(H,15,16). The first-order valence-electron chi connectivity index (χ1n) is 5.14. The number of aliphatic hydroxyl groups is 1. The Morgan fingerprint density at radius 1 is 1.53 bits per heavy atom. The van der Waals surface area contributed by atoms with Gasteiger partial charge in [-0.25, -0.2) is 0 Å². The van der Waals surface area contributed by atoms with Crippen molar-refractivity contribution in [1.29, 1.82) is 0 Å². The SMILES string of the molecule is COc1ccc(C(C)(CCO)C(=O)O)c(Cl)c1. The number of carboxylic acids is 1. The van der Waals surface area contributed by atoms with Crippen LogP contribution in [-0.4, -0.2) is 29.9 Å². The summed E-state index contributed by atoms with van der Waals surface area (Å²) < 4.78 is 5.00. The summed E-state index contributed by atoms with van der Waals surface area (Å²) in [6.45, 7) is 1.32. The molecule has 1 unspecified atom stereocenters. The second kappa shape index (κ2) is 5.38. The van der Waals surface area contributed by atoms with Crippen molar-refractivity contribution in [2.24, 2.45) is 0 Å². The predicted octanol–water partition coefficient (Wildman–Crippen LogP) is 2.07. The van der Waals surface area contributed by atoms with Crippen LogP contribution in [-0.2, 0) is 10.2 Å². The maximum atomic E-state index is 11.3. The van der Waals surface area contributed by atoms with Crippen LogP contribution >= 0.6 is 11.6 Å². The third-order valence-corrected chi connectivity index (χ3v) is 3.17. The van der Waals surface area contributed by atoms with Gasteiger partial charge in [0, 0.05) is 11.6 Å². The topological polar surface area (TPSA) is 66.8 Å². The molecule has 1 atom stereocenters. The number of halogens is 1. The van der Waals surface area contributed by atoms with E-state index < -0.39 is 11.4 Å². The number of ether oxygens (including phenoxy) is 1. The average Bonchev–Trinajstić information content (AvgIpc) is 2.28. The van der Waals surface area contributed by atoms with E-state index in [0.29, 0.717) is 16.3 Å². The van der Waals surface area contributed by atoms with Crippen molar-refractivity contribution in [2.75, 3.05) is 13.7 Å². The van der Waals surface area contributed by atoms with Crippen LogP contribution in [0.25, 0.3) is 0 Å². The maximum Gasteiger partial charge on any atom is 0.313 e. The Bertz CT molecular complexity index is 419. The van der Waals surface area contributed by atoms with Gasteiger partial charge in [-0.2, -0.15) is 0 Å². The molecule has 0 amide bonds. The molecule has 1 aromatic carbocycles. The fraction of sp³-hybridized carbons (Fsp3) is 0.417. The number of rotatable bonds is 5. The molecule has 94 valence electrons. The van der Waals surface area contributed by atoms with Gasteiger partial charge in [-0.3, -0.25) is 4.79 Å². The number of hydrogen-bond acceptors (Lipinski definition) is 3. The average molecular weight is 259 g/mol. The molecular weight excluding hydrogens is 244 g/mol. The summed E-state index contributed by atoms with van der Waals surface area (Å²) in [5.74, 6) is -0.450. The molecule has 0 saturated carbocycles. The fourth-order valence-corrected chi connectivity index (χ4v) is 2.03. The van der Waals surface area contributed by atoms with E-state index in [1.807, 2.05) is 0 Å². The molecule has 0 bridgehead atoms. The van der Waals surface area contributed by atoms with Gasteiger partial charge in [-0.1, -0.05) is 17.7 Å². The largest absolute Gasteiger partial charge is 0.497 e. The van der Waals surface area contributed by atoms with E-state index in [-0.39, 0.29) is 13.0 Å². The third-order valence-electron chi connectivity index (χ3n) is 2.85. The Morgan fingerprint density at radius 3 is 2.59 bits per heavy atom. The van der Waals surface area contributed by atoms with Crippen LogP contribution < -0.4 is 4.74 Å². The lowest BCUT2D eigenvalue weighted by Gasteiger charge is -2.25. The highest BCUT2D eigenvalue weighted by Crippen LogP contribution is 2.35. The van der Waals surface area contributed by atoms with Gasteiger partial charge >= 0.3 is 5.97 Å². The van der Waals surface area contributed by atoms with Gasteiger partial charge in [0.1, 0.15) is 5.75 Å². The first-order chi connectivity index (χ1) is 7.95. The highest BCUT2D eigenvalue weighted by atomic mass is 35.5. The van der Waals surface area contributed by atoms with Crippen molar-refractivity contribution in [3.05, 3.63) is 28.8 Å². The highest BCUT2D eigenvalue weighted by molar-refractivity contribution is 6.31. The van der Waals surface area contributed by atoms with Gasteiger partial charge in [-0.05, 0) is 31.0 Å². The second-order valence-electron chi connectivity index (χ2n) is 3.96. The summed E-state index contributed by atoms with van der Waals surface area (Å²) in [5, 5.41) is 18.6. The van der Waals surface area contributed by atoms with Crippen molar-refractivity contribution < 1.29 is 19.7 Å². The third kappa shape index (κ3) is 2.70. The molecule has 0 radical (unpaired) electrons. The zero-order valence-electron chi connectivity index (χ0n) is 9.74. The molecular formula is C12H15ClO4. The molecule has 0 aromatic heterocycles. The van der Waals surface area contributed by atoms with Gasteiger partial charge in [0.25, 0.3) is 0 Å². The summed E-state index contributed by atoms with van der Waals surface area (Å²) in [6, 6.07) is 4.83. The summed E-state index contributed by atoms with van der Waals surface area (Å²) in [4.78, 5) is 11.3. The predicted molar refractivity (Wildman–Crippen MR) is 64.7 cm³/mol. The lowest BCUT2D eigenvalue weighted by atomic mass is 9.79. The van der Waals surface area contributed by atoms with Gasteiger partial charge in [0.05, 0.1) is 12.5 Å². The Morgan fingerprint density at radius 2 is 2.18 bits per heavy atom. The molecule has 4 nitrogen and oxygen atoms in total. The van der Waals surface area contributed by atoms with Crippen LogP contribution in [0.4, 0.5) is 0 Å². The van der Waals surface area contributed by atoms with Gasteiger partial charge < -0.3 is 14.9 Å². The lowest BCUT2D eigenvalue weighted by molar-refractivity contribution is -0.143. The number of aliphatic hydroxyl groups excluding tert-OH is 1. The minimum absolute atomic E-state index is 0.106. The summed E-state index contributed by atoms with van der Waals surface area (Å²) >= 11 is 6.05. The van der Waals surface area contributed by atoms with Crippen LogP contribution in [0, 0.1) is 0 Å². The van der Waals surface area contributed by atoms with Crippen molar-refractivity contribution in [1.82, 2.24) is 0 Å². The molecule has 1 rings (SSSR count). The van der Waals surface area contributed by atoms with Crippen LogP contribution in [0.2, 0.25) is 5.02 Å². The first-order valence-corrected chi connectivity index (χ1v) is 5.51. The van der Waals surface area contributed by atoms with Gasteiger partial charge in [0.15, 0.2) is 0 Å². The normalized spacial score (nSPS) is 14.1. The minimum Gasteiger partial charge on any atom is -0.497 e. The molecule has 0 saturated heterocycles. The molecule has 0 aliphatic carbocycles. The summed E-state index contributed by atoms with van der Waals surface area (Å²) in [7, 11) is 1.51. The molecule has 0 fully saturated rings. The highest BCUT2D eigenvalue weighted by Gasteiger charge is 2.36. The van der Waals surface area contributed by atoms with E-state index in [4.69, 9.17) is 21.4 Å². The van der Waals surface area contributed by atoms with Crippen LogP contribution in [0.3, 0.4) is 0 Å². The number of methoxy groups -OCH3 is 1. The van der Waals surface area contributed by atoms with Crippen molar-refractivity contribution in [3.63, 3.8) is 0 Å². The zero-order chi connectivity index (χ0) is 13.1. The monoisotopic (exact) mass is 258 g/mol. The number of carboxylic acid groups (broad SMARTS) is 1. The van der Waals surface area contributed by atoms with Crippen molar-refractivity contribution in [2.45, 2.75) is 18.8 Å². The fourth-order valence-electron chi connectivity index (χ4n) is 1.65. The van der Waals surface area contributed by atoms with Crippen LogP contribution in [0.1, 0.15) is 18.9 Å². The van der Waals surface area contributed by atoms with Crippen LogP contribution in [0.15, 0.2) is 18.2 Å². The quantitative estimate of drug-likeness (QED) is 0.849. The molecule has 0 aliphatic heterocycles. The van der Waals surface area contributed by atoms with Crippen molar-refractivity contribution in [3.8, 4) is 5.75 Å². The van der Waals surface area contributed by atoms with Gasteiger partial charge in [-0.15, -0.1) is 0 Å². The lowest BCUT2D eigenvalue weighted by Crippen LogP contribution is -2.33. The minimum atomic E-state index is -1.20. The number of aliphatic carboxylic acids is 1. The molecule has 17 heavy (non-hydrogen) atoms. The molecule has 0 heterocycles. The summed E-state index contributed by atoms with van der Waals surface area (Å²) in [6.07, 6.45) is 0.106. The Hall–Kier alpha value is -1.26. The smallest absolute Gasteiger partial charge is 0.313 e. The summed E-state index contributed by atoms with van der Waals surface area (Å²) in [5.41, 5.74) is -0.723. The molecule has 1 aromatic rings. The number of carbonyl (C=O) groups is 1. The number of hydrogen-bond donors (Lipinski definition) is 2. The molecule has 0 aliphatic rings. The second-order valence-corrected chi connectivity index (χ2v) is 4.36. The maximum absolute atomic E-state index is 11.3. The Balaban J connectivity index is 3.24.